The summed E-state index contributed by atoms with van der Waals surface area (Å²) >= 11 is 0. The van der Waals surface area contributed by atoms with E-state index in [9.17, 15) is 8.42 Å². The van der Waals surface area contributed by atoms with E-state index in [2.05, 4.69) is 34.9 Å². The third kappa shape index (κ3) is 5.45. The molecule has 2 atom stereocenters. The molecule has 0 amide bonds. The number of halogens is 1. The first kappa shape index (κ1) is 21.7. The Morgan fingerprint density at radius 2 is 1.93 bits per heavy atom. The summed E-state index contributed by atoms with van der Waals surface area (Å²) in [5.74, 6) is 0.699. The largest absolute Gasteiger partial charge is 0.496 e. The lowest BCUT2D eigenvalue weighted by Crippen LogP contribution is -2.45. The quantitative estimate of drug-likeness (QED) is 0.765. The zero-order valence-electron chi connectivity index (χ0n) is 15.6. The van der Waals surface area contributed by atoms with Crippen LogP contribution in [-0.4, -0.2) is 34.4 Å². The minimum atomic E-state index is -3.24. The maximum absolute atomic E-state index is 11.9. The number of nitrogens with one attached hydrogen (secondary N) is 2. The van der Waals surface area contributed by atoms with Gasteiger partial charge in [0.25, 0.3) is 0 Å². The van der Waals surface area contributed by atoms with Gasteiger partial charge >= 0.3 is 0 Å². The number of rotatable bonds is 6. The van der Waals surface area contributed by atoms with Gasteiger partial charge in [-0.25, -0.2) is 8.42 Å². The second-order valence-corrected chi connectivity index (χ2v) is 8.73. The van der Waals surface area contributed by atoms with Gasteiger partial charge in [0.2, 0.25) is 0 Å². The molecule has 27 heavy (non-hydrogen) atoms. The SMILES string of the molecule is COc1ccc(S(C)(=O)=O)cc1CN[C@H]1CCCN[C@H]1c1ccccc1.Cl. The fourth-order valence-corrected chi connectivity index (χ4v) is 4.16. The summed E-state index contributed by atoms with van der Waals surface area (Å²) in [5.41, 5.74) is 2.12. The average Bonchev–Trinajstić information content (AvgIpc) is 2.66. The van der Waals surface area contributed by atoms with E-state index in [-0.39, 0.29) is 24.5 Å². The molecule has 0 aromatic heterocycles. The van der Waals surface area contributed by atoms with Crippen LogP contribution in [0.1, 0.15) is 30.0 Å². The Morgan fingerprint density at radius 1 is 1.19 bits per heavy atom. The van der Waals surface area contributed by atoms with E-state index in [0.717, 1.165) is 24.9 Å². The van der Waals surface area contributed by atoms with E-state index >= 15 is 0 Å². The molecule has 5 nitrogen and oxygen atoms in total. The third-order valence-corrected chi connectivity index (χ3v) is 5.96. The fraction of sp³-hybridized carbons (Fsp3) is 0.400. The number of sulfone groups is 1. The van der Waals surface area contributed by atoms with Crippen molar-refractivity contribution in [3.8, 4) is 5.75 Å². The summed E-state index contributed by atoms with van der Waals surface area (Å²) < 4.78 is 29.1. The minimum Gasteiger partial charge on any atom is -0.496 e. The zero-order chi connectivity index (χ0) is 18.6. The lowest BCUT2D eigenvalue weighted by atomic mass is 9.92. The first-order chi connectivity index (χ1) is 12.5. The summed E-state index contributed by atoms with van der Waals surface area (Å²) in [7, 11) is -1.64. The Bertz CT molecular complexity index is 844. The molecular formula is C20H27ClN2O3S. The zero-order valence-corrected chi connectivity index (χ0v) is 17.3. The molecule has 0 saturated carbocycles. The molecule has 2 aromatic carbocycles. The monoisotopic (exact) mass is 410 g/mol. The summed E-state index contributed by atoms with van der Waals surface area (Å²) in [5, 5.41) is 7.20. The molecule has 148 valence electrons. The Hall–Kier alpha value is -1.60. The highest BCUT2D eigenvalue weighted by molar-refractivity contribution is 7.90. The average molecular weight is 411 g/mol. The molecule has 1 fully saturated rings. The van der Waals surface area contributed by atoms with Crippen molar-refractivity contribution in [2.75, 3.05) is 19.9 Å². The maximum atomic E-state index is 11.9. The Balaban J connectivity index is 0.00000261. The van der Waals surface area contributed by atoms with Gasteiger partial charge in [-0.3, -0.25) is 0 Å². The Kier molecular flexibility index (Phi) is 7.68. The van der Waals surface area contributed by atoms with Gasteiger partial charge in [-0.2, -0.15) is 0 Å². The number of hydrogen-bond donors (Lipinski definition) is 2. The molecule has 1 heterocycles. The van der Waals surface area contributed by atoms with Gasteiger partial charge in [-0.15, -0.1) is 12.4 Å². The van der Waals surface area contributed by atoms with Crippen LogP contribution < -0.4 is 15.4 Å². The molecule has 1 saturated heterocycles. The molecule has 1 aliphatic heterocycles. The number of piperidine rings is 1. The van der Waals surface area contributed by atoms with Crippen molar-refractivity contribution in [3.05, 3.63) is 59.7 Å². The van der Waals surface area contributed by atoms with Gasteiger partial charge in [-0.05, 0) is 43.1 Å². The summed E-state index contributed by atoms with van der Waals surface area (Å²) in [6.07, 6.45) is 3.41. The Morgan fingerprint density at radius 3 is 2.59 bits per heavy atom. The van der Waals surface area contributed by atoms with Crippen LogP contribution >= 0.6 is 12.4 Å². The highest BCUT2D eigenvalue weighted by atomic mass is 35.5. The lowest BCUT2D eigenvalue weighted by molar-refractivity contribution is 0.302. The van der Waals surface area contributed by atoms with Crippen molar-refractivity contribution < 1.29 is 13.2 Å². The van der Waals surface area contributed by atoms with Gasteiger partial charge < -0.3 is 15.4 Å². The van der Waals surface area contributed by atoms with Crippen molar-refractivity contribution >= 4 is 22.2 Å². The topological polar surface area (TPSA) is 67.4 Å². The standard InChI is InChI=1S/C20H26N2O3S.ClH/c1-25-19-11-10-17(26(2,23)24)13-16(19)14-22-18-9-6-12-21-20(18)15-7-4-3-5-8-15;/h3-5,7-8,10-11,13,18,20-22H,6,9,12,14H2,1-2H3;1H/t18-,20-;/m0./s1. The predicted molar refractivity (Wildman–Crippen MR) is 110 cm³/mol. The van der Waals surface area contributed by atoms with Crippen LogP contribution in [0.4, 0.5) is 0 Å². The van der Waals surface area contributed by atoms with E-state index in [1.54, 1.807) is 25.3 Å². The molecule has 1 aliphatic rings. The van der Waals surface area contributed by atoms with Crippen LogP contribution in [0.15, 0.2) is 53.4 Å². The molecule has 7 heteroatoms. The second-order valence-electron chi connectivity index (χ2n) is 6.72. The molecule has 2 N–H and O–H groups in total. The van der Waals surface area contributed by atoms with E-state index in [1.807, 2.05) is 6.07 Å². The summed E-state index contributed by atoms with van der Waals surface area (Å²) in [6, 6.07) is 16.0. The smallest absolute Gasteiger partial charge is 0.175 e. The molecular weight excluding hydrogens is 384 g/mol. The van der Waals surface area contributed by atoms with Crippen LogP contribution in [0.3, 0.4) is 0 Å². The minimum absolute atomic E-state index is 0. The number of benzene rings is 2. The van der Waals surface area contributed by atoms with Gasteiger partial charge in [0.05, 0.1) is 12.0 Å². The highest BCUT2D eigenvalue weighted by Crippen LogP contribution is 2.26. The maximum Gasteiger partial charge on any atom is 0.175 e. The van der Waals surface area contributed by atoms with Crippen LogP contribution in [0.5, 0.6) is 5.75 Å². The van der Waals surface area contributed by atoms with Crippen LogP contribution in [0.25, 0.3) is 0 Å². The normalized spacial score (nSPS) is 19.9. The van der Waals surface area contributed by atoms with Crippen molar-refractivity contribution in [2.24, 2.45) is 0 Å². The first-order valence-corrected chi connectivity index (χ1v) is 10.8. The van der Waals surface area contributed by atoms with Gasteiger partial charge in [-0.1, -0.05) is 30.3 Å². The van der Waals surface area contributed by atoms with E-state index in [1.165, 1.54) is 11.8 Å². The van der Waals surface area contributed by atoms with E-state index in [0.29, 0.717) is 17.2 Å². The number of methoxy groups -OCH3 is 1. The van der Waals surface area contributed by atoms with Crippen LogP contribution in [-0.2, 0) is 16.4 Å². The second kappa shape index (κ2) is 9.55. The molecule has 0 spiro atoms. The fourth-order valence-electron chi connectivity index (χ4n) is 3.48. The van der Waals surface area contributed by atoms with Gasteiger partial charge in [0.1, 0.15) is 5.75 Å². The number of ether oxygens (including phenoxy) is 1. The van der Waals surface area contributed by atoms with Crippen molar-refractivity contribution in [1.29, 1.82) is 0 Å². The summed E-state index contributed by atoms with van der Waals surface area (Å²) in [6.45, 7) is 1.56. The van der Waals surface area contributed by atoms with Crippen LogP contribution in [0, 0.1) is 0 Å². The molecule has 0 unspecified atom stereocenters. The first-order valence-electron chi connectivity index (χ1n) is 8.88. The lowest BCUT2D eigenvalue weighted by Gasteiger charge is -2.34. The summed E-state index contributed by atoms with van der Waals surface area (Å²) in [4.78, 5) is 0.316. The van der Waals surface area contributed by atoms with Crippen molar-refractivity contribution in [1.82, 2.24) is 10.6 Å². The van der Waals surface area contributed by atoms with Gasteiger partial charge in [0.15, 0.2) is 9.84 Å². The Labute approximate surface area is 167 Å². The van der Waals surface area contributed by atoms with E-state index < -0.39 is 9.84 Å². The molecule has 0 aliphatic carbocycles. The van der Waals surface area contributed by atoms with Crippen molar-refractivity contribution in [2.45, 2.75) is 36.4 Å². The highest BCUT2D eigenvalue weighted by Gasteiger charge is 2.26. The molecule has 2 aromatic rings. The molecule has 3 rings (SSSR count). The van der Waals surface area contributed by atoms with Crippen molar-refractivity contribution in [3.63, 3.8) is 0 Å². The number of hydrogen-bond acceptors (Lipinski definition) is 5. The molecule has 0 bridgehead atoms. The van der Waals surface area contributed by atoms with Crippen LogP contribution in [0.2, 0.25) is 0 Å². The molecule has 0 radical (unpaired) electrons. The van der Waals surface area contributed by atoms with Gasteiger partial charge in [0, 0.05) is 30.4 Å². The predicted octanol–water partition coefficient (Wildman–Crippen LogP) is 3.10. The third-order valence-electron chi connectivity index (χ3n) is 4.85. The van der Waals surface area contributed by atoms with E-state index in [4.69, 9.17) is 4.74 Å².